The highest BCUT2D eigenvalue weighted by atomic mass is 16.4. The molecule has 16 heavy (non-hydrogen) atoms. The van der Waals surface area contributed by atoms with Crippen molar-refractivity contribution >= 4 is 16.9 Å². The Hall–Kier alpha value is -1.90. The molecule has 0 aliphatic heterocycles. The molecule has 82 valence electrons. The SMILES string of the molecule is CC(C)c1ccc2cc(C(=O)O)ccc2n1. The van der Waals surface area contributed by atoms with Crippen LogP contribution in [0.1, 0.15) is 35.8 Å². The minimum Gasteiger partial charge on any atom is -0.478 e. The molecule has 0 aliphatic carbocycles. The summed E-state index contributed by atoms with van der Waals surface area (Å²) in [4.78, 5) is 15.3. The Balaban J connectivity index is 2.57. The summed E-state index contributed by atoms with van der Waals surface area (Å²) in [6, 6.07) is 8.85. The van der Waals surface area contributed by atoms with Crippen LogP contribution in [-0.2, 0) is 0 Å². The van der Waals surface area contributed by atoms with Gasteiger partial charge in [-0.25, -0.2) is 4.79 Å². The third-order valence-electron chi connectivity index (χ3n) is 2.55. The van der Waals surface area contributed by atoms with Gasteiger partial charge < -0.3 is 5.11 Å². The second kappa shape index (κ2) is 3.93. The summed E-state index contributed by atoms with van der Waals surface area (Å²) in [6.45, 7) is 4.17. The fraction of sp³-hybridized carbons (Fsp3) is 0.231. The zero-order chi connectivity index (χ0) is 11.7. The summed E-state index contributed by atoms with van der Waals surface area (Å²) in [5.74, 6) is -0.529. The molecular weight excluding hydrogens is 202 g/mol. The van der Waals surface area contributed by atoms with Gasteiger partial charge in [-0.05, 0) is 30.2 Å². The first kappa shape index (κ1) is 10.6. The van der Waals surface area contributed by atoms with E-state index in [-0.39, 0.29) is 0 Å². The number of hydrogen-bond acceptors (Lipinski definition) is 2. The average Bonchev–Trinajstić information content (AvgIpc) is 2.27. The van der Waals surface area contributed by atoms with Gasteiger partial charge in [-0.2, -0.15) is 0 Å². The Bertz CT molecular complexity index is 547. The Labute approximate surface area is 93.7 Å². The molecule has 1 heterocycles. The number of pyridine rings is 1. The van der Waals surface area contributed by atoms with E-state index < -0.39 is 5.97 Å². The first-order valence-electron chi connectivity index (χ1n) is 5.22. The monoisotopic (exact) mass is 215 g/mol. The molecule has 0 radical (unpaired) electrons. The van der Waals surface area contributed by atoms with Crippen LogP contribution in [0.5, 0.6) is 0 Å². The van der Waals surface area contributed by atoms with Crippen molar-refractivity contribution in [3.63, 3.8) is 0 Å². The van der Waals surface area contributed by atoms with E-state index in [4.69, 9.17) is 5.11 Å². The molecule has 0 saturated carbocycles. The van der Waals surface area contributed by atoms with Crippen molar-refractivity contribution < 1.29 is 9.90 Å². The lowest BCUT2D eigenvalue weighted by molar-refractivity contribution is 0.0697. The molecule has 1 aromatic carbocycles. The maximum atomic E-state index is 10.8. The van der Waals surface area contributed by atoms with E-state index in [2.05, 4.69) is 18.8 Å². The highest BCUT2D eigenvalue weighted by Crippen LogP contribution is 2.18. The molecule has 1 N–H and O–H groups in total. The van der Waals surface area contributed by atoms with Gasteiger partial charge in [0.25, 0.3) is 0 Å². The van der Waals surface area contributed by atoms with Crippen LogP contribution in [0.3, 0.4) is 0 Å². The number of nitrogens with zero attached hydrogens (tertiary/aromatic N) is 1. The Morgan fingerprint density at radius 1 is 1.25 bits per heavy atom. The number of aromatic carboxylic acids is 1. The summed E-state index contributed by atoms with van der Waals surface area (Å²) in [5.41, 5.74) is 2.17. The van der Waals surface area contributed by atoms with Crippen LogP contribution in [0, 0.1) is 0 Å². The quantitative estimate of drug-likeness (QED) is 0.837. The second-order valence-electron chi connectivity index (χ2n) is 4.10. The number of carboxylic acids is 1. The van der Waals surface area contributed by atoms with Crippen molar-refractivity contribution in [3.05, 3.63) is 41.6 Å². The zero-order valence-electron chi connectivity index (χ0n) is 9.27. The Morgan fingerprint density at radius 2 is 2.00 bits per heavy atom. The van der Waals surface area contributed by atoms with Crippen LogP contribution in [0.2, 0.25) is 0 Å². The Kier molecular flexibility index (Phi) is 2.60. The number of aromatic nitrogens is 1. The van der Waals surface area contributed by atoms with E-state index in [1.807, 2.05) is 12.1 Å². The van der Waals surface area contributed by atoms with E-state index in [1.165, 1.54) is 0 Å². The minimum atomic E-state index is -0.908. The third kappa shape index (κ3) is 1.89. The average molecular weight is 215 g/mol. The van der Waals surface area contributed by atoms with Gasteiger partial charge in [0.05, 0.1) is 11.1 Å². The van der Waals surface area contributed by atoms with Crippen LogP contribution in [-0.4, -0.2) is 16.1 Å². The van der Waals surface area contributed by atoms with Crippen molar-refractivity contribution in [2.24, 2.45) is 0 Å². The Morgan fingerprint density at radius 3 is 2.62 bits per heavy atom. The minimum absolute atomic E-state index is 0.298. The molecule has 0 fully saturated rings. The van der Waals surface area contributed by atoms with Gasteiger partial charge in [-0.1, -0.05) is 19.9 Å². The van der Waals surface area contributed by atoms with Crippen LogP contribution in [0.4, 0.5) is 0 Å². The molecular formula is C13H13NO2. The van der Waals surface area contributed by atoms with E-state index in [9.17, 15) is 4.79 Å². The maximum Gasteiger partial charge on any atom is 0.335 e. The molecule has 2 aromatic rings. The van der Waals surface area contributed by atoms with Gasteiger partial charge in [0.1, 0.15) is 0 Å². The molecule has 0 bridgehead atoms. The van der Waals surface area contributed by atoms with Gasteiger partial charge in [0, 0.05) is 11.1 Å². The number of rotatable bonds is 2. The summed E-state index contributed by atoms with van der Waals surface area (Å²) in [7, 11) is 0. The molecule has 0 spiro atoms. The highest BCUT2D eigenvalue weighted by molar-refractivity contribution is 5.93. The molecule has 3 nitrogen and oxygen atoms in total. The van der Waals surface area contributed by atoms with E-state index in [0.29, 0.717) is 11.5 Å². The van der Waals surface area contributed by atoms with Gasteiger partial charge in [0.15, 0.2) is 0 Å². The van der Waals surface area contributed by atoms with E-state index in [1.54, 1.807) is 18.2 Å². The summed E-state index contributed by atoms with van der Waals surface area (Å²) in [5, 5.41) is 9.73. The maximum absolute atomic E-state index is 10.8. The van der Waals surface area contributed by atoms with Crippen molar-refractivity contribution in [1.82, 2.24) is 4.98 Å². The summed E-state index contributed by atoms with van der Waals surface area (Å²) in [6.07, 6.45) is 0. The van der Waals surface area contributed by atoms with Gasteiger partial charge in [0.2, 0.25) is 0 Å². The largest absolute Gasteiger partial charge is 0.478 e. The van der Waals surface area contributed by atoms with E-state index in [0.717, 1.165) is 16.6 Å². The summed E-state index contributed by atoms with van der Waals surface area (Å²) < 4.78 is 0. The highest BCUT2D eigenvalue weighted by Gasteiger charge is 2.06. The smallest absolute Gasteiger partial charge is 0.335 e. The molecule has 1 aromatic heterocycles. The fourth-order valence-corrected chi connectivity index (χ4v) is 1.60. The molecule has 0 amide bonds. The molecule has 0 aliphatic rings. The van der Waals surface area contributed by atoms with Gasteiger partial charge in [-0.15, -0.1) is 0 Å². The third-order valence-corrected chi connectivity index (χ3v) is 2.55. The lowest BCUT2D eigenvalue weighted by Crippen LogP contribution is -1.97. The van der Waals surface area contributed by atoms with Gasteiger partial charge in [-0.3, -0.25) is 4.98 Å². The lowest BCUT2D eigenvalue weighted by Gasteiger charge is -2.06. The number of carbonyl (C=O) groups is 1. The number of fused-ring (bicyclic) bond motifs is 1. The predicted octanol–water partition coefficient (Wildman–Crippen LogP) is 3.06. The first-order chi connectivity index (χ1) is 7.58. The molecule has 0 atom stereocenters. The number of carboxylic acid groups (broad SMARTS) is 1. The number of hydrogen-bond donors (Lipinski definition) is 1. The second-order valence-corrected chi connectivity index (χ2v) is 4.10. The van der Waals surface area contributed by atoms with Crippen LogP contribution in [0.15, 0.2) is 30.3 Å². The van der Waals surface area contributed by atoms with Crippen molar-refractivity contribution in [2.45, 2.75) is 19.8 Å². The molecule has 0 unspecified atom stereocenters. The molecule has 3 heteroatoms. The summed E-state index contributed by atoms with van der Waals surface area (Å²) >= 11 is 0. The molecule has 0 saturated heterocycles. The lowest BCUT2D eigenvalue weighted by atomic mass is 10.1. The van der Waals surface area contributed by atoms with Crippen LogP contribution >= 0.6 is 0 Å². The first-order valence-corrected chi connectivity index (χ1v) is 5.22. The molecule has 2 rings (SSSR count). The van der Waals surface area contributed by atoms with E-state index >= 15 is 0 Å². The zero-order valence-corrected chi connectivity index (χ0v) is 9.27. The topological polar surface area (TPSA) is 50.2 Å². The van der Waals surface area contributed by atoms with Crippen molar-refractivity contribution in [3.8, 4) is 0 Å². The number of benzene rings is 1. The standard InChI is InChI=1S/C13H13NO2/c1-8(2)11-5-3-9-7-10(13(15)16)4-6-12(9)14-11/h3-8H,1-2H3,(H,15,16). The van der Waals surface area contributed by atoms with Crippen molar-refractivity contribution in [1.29, 1.82) is 0 Å². The van der Waals surface area contributed by atoms with Crippen LogP contribution < -0.4 is 0 Å². The van der Waals surface area contributed by atoms with Crippen LogP contribution in [0.25, 0.3) is 10.9 Å². The van der Waals surface area contributed by atoms with Crippen molar-refractivity contribution in [2.75, 3.05) is 0 Å². The predicted molar refractivity (Wildman–Crippen MR) is 62.8 cm³/mol. The fourth-order valence-electron chi connectivity index (χ4n) is 1.60. The normalized spacial score (nSPS) is 10.9. The van der Waals surface area contributed by atoms with Gasteiger partial charge >= 0.3 is 5.97 Å².